The number of benzene rings is 1. The van der Waals surface area contributed by atoms with Gasteiger partial charge >= 0.3 is 6.03 Å². The quantitative estimate of drug-likeness (QED) is 0.811. The molecule has 0 aromatic heterocycles. The second-order valence-corrected chi connectivity index (χ2v) is 5.97. The van der Waals surface area contributed by atoms with Gasteiger partial charge in [-0.2, -0.15) is 0 Å². The molecule has 1 aliphatic rings. The van der Waals surface area contributed by atoms with Crippen LogP contribution in [-0.4, -0.2) is 48.4 Å². The highest BCUT2D eigenvalue weighted by molar-refractivity contribution is 5.74. The summed E-state index contributed by atoms with van der Waals surface area (Å²) < 4.78 is 5.49. The minimum atomic E-state index is -0.678. The monoisotopic (exact) mass is 306 g/mol. The first-order valence-electron chi connectivity index (χ1n) is 7.96. The van der Waals surface area contributed by atoms with Gasteiger partial charge in [0.2, 0.25) is 0 Å². The number of carbonyl (C=O) groups excluding carboxylic acids is 1. The highest BCUT2D eigenvalue weighted by Gasteiger charge is 2.20. The molecule has 5 nitrogen and oxygen atoms in total. The third kappa shape index (κ3) is 5.66. The molecule has 0 saturated heterocycles. The maximum Gasteiger partial charge on any atom is 0.317 e. The lowest BCUT2D eigenvalue weighted by atomic mass is 10.2. The van der Waals surface area contributed by atoms with Crippen molar-refractivity contribution in [3.05, 3.63) is 35.9 Å². The minimum absolute atomic E-state index is 0.117. The van der Waals surface area contributed by atoms with E-state index in [4.69, 9.17) is 4.74 Å². The standard InChI is InChI=1S/C17H26N2O3/c1-19(17(21)18-15-9-5-6-10-15)11-16(20)13-22-12-14-7-3-2-4-8-14/h2-4,7-8,15-16,20H,5-6,9-13H2,1H3,(H,18,21). The zero-order valence-corrected chi connectivity index (χ0v) is 13.2. The van der Waals surface area contributed by atoms with Crippen molar-refractivity contribution in [1.29, 1.82) is 0 Å². The van der Waals surface area contributed by atoms with Crippen molar-refractivity contribution in [1.82, 2.24) is 10.2 Å². The number of hydrogen-bond donors (Lipinski definition) is 2. The van der Waals surface area contributed by atoms with Gasteiger partial charge in [0.05, 0.1) is 25.9 Å². The summed E-state index contributed by atoms with van der Waals surface area (Å²) in [7, 11) is 1.70. The van der Waals surface area contributed by atoms with Crippen LogP contribution in [0.1, 0.15) is 31.2 Å². The summed E-state index contributed by atoms with van der Waals surface area (Å²) >= 11 is 0. The van der Waals surface area contributed by atoms with Crippen LogP contribution in [-0.2, 0) is 11.3 Å². The molecule has 1 fully saturated rings. The summed E-state index contributed by atoms with van der Waals surface area (Å²) in [5, 5.41) is 13.0. The molecule has 0 aliphatic heterocycles. The SMILES string of the molecule is CN(CC(O)COCc1ccccc1)C(=O)NC1CCCC1. The van der Waals surface area contributed by atoms with Crippen molar-refractivity contribution in [3.63, 3.8) is 0 Å². The predicted octanol–water partition coefficient (Wildman–Crippen LogP) is 2.15. The number of carbonyl (C=O) groups is 1. The molecule has 0 radical (unpaired) electrons. The molecule has 2 rings (SSSR count). The van der Waals surface area contributed by atoms with Gasteiger partial charge in [-0.05, 0) is 18.4 Å². The lowest BCUT2D eigenvalue weighted by Gasteiger charge is -2.23. The van der Waals surface area contributed by atoms with Crippen molar-refractivity contribution < 1.29 is 14.6 Å². The molecule has 122 valence electrons. The summed E-state index contributed by atoms with van der Waals surface area (Å²) in [4.78, 5) is 13.5. The van der Waals surface area contributed by atoms with Crippen molar-refractivity contribution in [2.24, 2.45) is 0 Å². The molecule has 0 spiro atoms. The number of likely N-dealkylation sites (N-methyl/N-ethyl adjacent to an activating group) is 1. The van der Waals surface area contributed by atoms with Crippen molar-refractivity contribution in [2.75, 3.05) is 20.2 Å². The number of ether oxygens (including phenoxy) is 1. The maximum absolute atomic E-state index is 12.0. The average molecular weight is 306 g/mol. The molecule has 1 aromatic rings. The number of amides is 2. The summed E-state index contributed by atoms with van der Waals surface area (Å²) in [5.74, 6) is 0. The Bertz CT molecular complexity index is 446. The van der Waals surface area contributed by atoms with Crippen LogP contribution in [0.2, 0.25) is 0 Å². The molecular weight excluding hydrogens is 280 g/mol. The first kappa shape index (κ1) is 16.8. The van der Waals surface area contributed by atoms with E-state index in [0.717, 1.165) is 18.4 Å². The maximum atomic E-state index is 12.0. The Morgan fingerprint density at radius 2 is 2.05 bits per heavy atom. The van der Waals surface area contributed by atoms with Gasteiger partial charge < -0.3 is 20.1 Å². The van der Waals surface area contributed by atoms with E-state index in [1.54, 1.807) is 7.05 Å². The molecule has 1 unspecified atom stereocenters. The Kier molecular flexibility index (Phi) is 6.68. The number of aliphatic hydroxyl groups is 1. The van der Waals surface area contributed by atoms with Gasteiger partial charge in [-0.15, -0.1) is 0 Å². The van der Waals surface area contributed by atoms with E-state index in [-0.39, 0.29) is 19.2 Å². The van der Waals surface area contributed by atoms with Crippen molar-refractivity contribution >= 4 is 6.03 Å². The molecule has 0 heterocycles. The van der Waals surface area contributed by atoms with E-state index in [0.29, 0.717) is 12.6 Å². The lowest BCUT2D eigenvalue weighted by molar-refractivity contribution is 0.0180. The van der Waals surface area contributed by atoms with E-state index in [2.05, 4.69) is 5.32 Å². The fourth-order valence-electron chi connectivity index (χ4n) is 2.69. The second-order valence-electron chi connectivity index (χ2n) is 5.97. The Morgan fingerprint density at radius 1 is 1.36 bits per heavy atom. The number of nitrogens with one attached hydrogen (secondary N) is 1. The van der Waals surface area contributed by atoms with Crippen LogP contribution in [0.25, 0.3) is 0 Å². The fraction of sp³-hybridized carbons (Fsp3) is 0.588. The van der Waals surface area contributed by atoms with Gasteiger partial charge in [-0.25, -0.2) is 4.79 Å². The summed E-state index contributed by atoms with van der Waals surface area (Å²) in [6.45, 7) is 0.958. The van der Waals surface area contributed by atoms with E-state index in [1.807, 2.05) is 30.3 Å². The van der Waals surface area contributed by atoms with Crippen LogP contribution >= 0.6 is 0 Å². The van der Waals surface area contributed by atoms with Crippen LogP contribution in [0.4, 0.5) is 4.79 Å². The Hall–Kier alpha value is -1.59. The van der Waals surface area contributed by atoms with Crippen LogP contribution in [0.3, 0.4) is 0 Å². The summed E-state index contributed by atoms with van der Waals surface area (Å²) in [6.07, 6.45) is 3.81. The van der Waals surface area contributed by atoms with Crippen molar-refractivity contribution in [3.8, 4) is 0 Å². The highest BCUT2D eigenvalue weighted by atomic mass is 16.5. The molecule has 0 bridgehead atoms. The van der Waals surface area contributed by atoms with Gasteiger partial charge in [0, 0.05) is 13.1 Å². The van der Waals surface area contributed by atoms with Crippen molar-refractivity contribution in [2.45, 2.75) is 44.4 Å². The number of aliphatic hydroxyl groups excluding tert-OH is 1. The Morgan fingerprint density at radius 3 is 2.73 bits per heavy atom. The highest BCUT2D eigenvalue weighted by Crippen LogP contribution is 2.17. The van der Waals surface area contributed by atoms with Gasteiger partial charge in [-0.3, -0.25) is 0 Å². The zero-order chi connectivity index (χ0) is 15.8. The molecule has 22 heavy (non-hydrogen) atoms. The van der Waals surface area contributed by atoms with Crippen LogP contribution in [0.15, 0.2) is 30.3 Å². The fourth-order valence-corrected chi connectivity index (χ4v) is 2.69. The summed E-state index contributed by atoms with van der Waals surface area (Å²) in [5.41, 5.74) is 1.07. The van der Waals surface area contributed by atoms with Crippen LogP contribution in [0, 0.1) is 0 Å². The molecule has 1 aliphatic carbocycles. The number of hydrogen-bond acceptors (Lipinski definition) is 3. The average Bonchev–Trinajstić information content (AvgIpc) is 3.01. The molecule has 1 atom stereocenters. The smallest absolute Gasteiger partial charge is 0.317 e. The van der Waals surface area contributed by atoms with E-state index < -0.39 is 6.10 Å². The van der Waals surface area contributed by atoms with Gasteiger partial charge in [0.1, 0.15) is 0 Å². The molecule has 5 heteroatoms. The van der Waals surface area contributed by atoms with Crippen LogP contribution in [0.5, 0.6) is 0 Å². The third-order valence-electron chi connectivity index (χ3n) is 3.94. The molecule has 1 saturated carbocycles. The Balaban J connectivity index is 1.62. The largest absolute Gasteiger partial charge is 0.389 e. The van der Waals surface area contributed by atoms with E-state index in [9.17, 15) is 9.90 Å². The number of rotatable bonds is 7. The first-order valence-corrected chi connectivity index (χ1v) is 7.96. The topological polar surface area (TPSA) is 61.8 Å². The van der Waals surface area contributed by atoms with Crippen LogP contribution < -0.4 is 5.32 Å². The second kappa shape index (κ2) is 8.76. The van der Waals surface area contributed by atoms with E-state index >= 15 is 0 Å². The molecule has 2 amide bonds. The van der Waals surface area contributed by atoms with E-state index in [1.165, 1.54) is 17.7 Å². The summed E-state index contributed by atoms with van der Waals surface area (Å²) in [6, 6.07) is 10.00. The first-order chi connectivity index (χ1) is 10.6. The third-order valence-corrected chi connectivity index (χ3v) is 3.94. The van der Waals surface area contributed by atoms with Gasteiger partial charge in [0.15, 0.2) is 0 Å². The lowest BCUT2D eigenvalue weighted by Crippen LogP contribution is -2.45. The number of nitrogens with zero attached hydrogens (tertiary/aromatic N) is 1. The van der Waals surface area contributed by atoms with Gasteiger partial charge in [-0.1, -0.05) is 43.2 Å². The molecule has 2 N–H and O–H groups in total. The minimum Gasteiger partial charge on any atom is -0.389 e. The zero-order valence-electron chi connectivity index (χ0n) is 13.2. The Labute approximate surface area is 132 Å². The normalized spacial score (nSPS) is 16.5. The molecule has 1 aromatic carbocycles. The predicted molar refractivity (Wildman–Crippen MR) is 85.5 cm³/mol. The van der Waals surface area contributed by atoms with Gasteiger partial charge in [0.25, 0.3) is 0 Å². The molecular formula is C17H26N2O3. The number of urea groups is 1.